The highest BCUT2D eigenvalue weighted by Gasteiger charge is 2.24. The summed E-state index contributed by atoms with van der Waals surface area (Å²) in [6.07, 6.45) is 1.29. The highest BCUT2D eigenvalue weighted by molar-refractivity contribution is 8.14. The molecule has 6 heteroatoms. The van der Waals surface area contributed by atoms with Crippen LogP contribution in [0.2, 0.25) is 0 Å². The molecule has 1 aliphatic rings. The summed E-state index contributed by atoms with van der Waals surface area (Å²) in [7, 11) is 1.86. The minimum atomic E-state index is -3.29. The smallest absolute Gasteiger partial charge is 0.235 e. The first-order valence-electron chi connectivity index (χ1n) is 3.25. The number of hydrogen-bond donors (Lipinski definition) is 1. The van der Waals surface area contributed by atoms with Crippen LogP contribution in [0.4, 0.5) is 0 Å². The Labute approximate surface area is 77.3 Å². The zero-order valence-electron chi connectivity index (χ0n) is 5.92. The molecule has 3 nitrogen and oxygen atoms in total. The highest BCUT2D eigenvalue weighted by atomic mass is 35.7. The molecular weight excluding hydrogens is 209 g/mol. The average molecular weight is 220 g/mol. The lowest BCUT2D eigenvalue weighted by Gasteiger charge is -2.19. The van der Waals surface area contributed by atoms with Crippen molar-refractivity contribution in [2.75, 3.05) is 13.1 Å². The summed E-state index contributed by atoms with van der Waals surface area (Å²) in [6, 6.07) is 0. The fourth-order valence-corrected chi connectivity index (χ4v) is 2.41. The Kier molecular flexibility index (Phi) is 4.70. The summed E-state index contributed by atoms with van der Waals surface area (Å²) < 4.78 is 21.4. The van der Waals surface area contributed by atoms with Gasteiger partial charge in [-0.2, -0.15) is 0 Å². The molecule has 0 aromatic carbocycles. The average Bonchev–Trinajstić information content (AvgIpc) is 1.88. The van der Waals surface area contributed by atoms with E-state index in [0.29, 0.717) is 12.8 Å². The van der Waals surface area contributed by atoms with Crippen molar-refractivity contribution in [1.82, 2.24) is 5.32 Å². The minimum absolute atomic E-state index is 0. The zero-order valence-corrected chi connectivity index (χ0v) is 8.31. The quantitative estimate of drug-likeness (QED) is 0.662. The lowest BCUT2D eigenvalue weighted by atomic mass is 10.2. The van der Waals surface area contributed by atoms with Gasteiger partial charge in [0.05, 0.1) is 5.25 Å². The Morgan fingerprint density at radius 1 is 1.27 bits per heavy atom. The van der Waals surface area contributed by atoms with Crippen molar-refractivity contribution in [2.24, 2.45) is 0 Å². The maximum Gasteiger partial charge on any atom is 0.235 e. The fraction of sp³-hybridized carbons (Fsp3) is 1.00. The van der Waals surface area contributed by atoms with E-state index < -0.39 is 9.05 Å². The number of nitrogens with one attached hydrogen (secondary N) is 1. The van der Waals surface area contributed by atoms with Gasteiger partial charge in [-0.1, -0.05) is 0 Å². The van der Waals surface area contributed by atoms with Crippen molar-refractivity contribution < 1.29 is 8.42 Å². The first kappa shape index (κ1) is 11.5. The lowest BCUT2D eigenvalue weighted by Crippen LogP contribution is -2.33. The van der Waals surface area contributed by atoms with Crippen LogP contribution in [0.5, 0.6) is 0 Å². The van der Waals surface area contributed by atoms with Gasteiger partial charge in [0, 0.05) is 10.7 Å². The number of hydrogen-bond acceptors (Lipinski definition) is 3. The molecule has 11 heavy (non-hydrogen) atoms. The molecule has 68 valence electrons. The van der Waals surface area contributed by atoms with Gasteiger partial charge >= 0.3 is 0 Å². The summed E-state index contributed by atoms with van der Waals surface area (Å²) in [5, 5.41) is 2.74. The van der Waals surface area contributed by atoms with Crippen molar-refractivity contribution in [2.45, 2.75) is 18.1 Å². The van der Waals surface area contributed by atoms with E-state index in [-0.39, 0.29) is 17.7 Å². The van der Waals surface area contributed by atoms with Crippen molar-refractivity contribution >= 4 is 32.1 Å². The Morgan fingerprint density at radius 2 is 1.73 bits per heavy atom. The van der Waals surface area contributed by atoms with Crippen LogP contribution < -0.4 is 5.32 Å². The second kappa shape index (κ2) is 4.50. The van der Waals surface area contributed by atoms with Crippen LogP contribution in [0.3, 0.4) is 0 Å². The normalized spacial score (nSPS) is 20.8. The van der Waals surface area contributed by atoms with E-state index in [9.17, 15) is 8.42 Å². The van der Waals surface area contributed by atoms with Gasteiger partial charge in [0.1, 0.15) is 0 Å². The second-order valence-corrected chi connectivity index (χ2v) is 5.33. The largest absolute Gasteiger partial charge is 0.317 e. The lowest BCUT2D eigenvalue weighted by molar-refractivity contribution is 0.503. The molecule has 0 unspecified atom stereocenters. The molecule has 0 aromatic heterocycles. The SMILES string of the molecule is Cl.O=S(=O)(Cl)C1CCNCC1. The van der Waals surface area contributed by atoms with Gasteiger partial charge in [0.15, 0.2) is 0 Å². The Hall–Kier alpha value is 0.490. The zero-order chi connectivity index (χ0) is 7.61. The summed E-state index contributed by atoms with van der Waals surface area (Å²) in [5.74, 6) is 0. The van der Waals surface area contributed by atoms with E-state index >= 15 is 0 Å². The Balaban J connectivity index is 0.000001000. The van der Waals surface area contributed by atoms with Crippen molar-refractivity contribution in [1.29, 1.82) is 0 Å². The maximum absolute atomic E-state index is 10.7. The molecule has 0 bridgehead atoms. The van der Waals surface area contributed by atoms with Gasteiger partial charge in [-0.25, -0.2) is 8.42 Å². The maximum atomic E-state index is 10.7. The van der Waals surface area contributed by atoms with Crippen LogP contribution in [0.25, 0.3) is 0 Å². The molecule has 0 radical (unpaired) electrons. The van der Waals surface area contributed by atoms with Gasteiger partial charge < -0.3 is 5.32 Å². The summed E-state index contributed by atoms with van der Waals surface area (Å²) in [5.41, 5.74) is 0. The molecule has 0 spiro atoms. The molecule has 1 fully saturated rings. The van der Waals surface area contributed by atoms with Crippen LogP contribution in [-0.4, -0.2) is 26.8 Å². The third kappa shape index (κ3) is 3.60. The van der Waals surface area contributed by atoms with Gasteiger partial charge in [0.2, 0.25) is 9.05 Å². The summed E-state index contributed by atoms with van der Waals surface area (Å²) in [4.78, 5) is 0. The van der Waals surface area contributed by atoms with Gasteiger partial charge in [0.25, 0.3) is 0 Å². The number of halogens is 2. The molecule has 1 aliphatic heterocycles. The van der Waals surface area contributed by atoms with E-state index in [1.807, 2.05) is 0 Å². The van der Waals surface area contributed by atoms with E-state index in [0.717, 1.165) is 13.1 Å². The molecule has 0 aliphatic carbocycles. The van der Waals surface area contributed by atoms with E-state index in [4.69, 9.17) is 10.7 Å². The second-order valence-electron chi connectivity index (χ2n) is 2.42. The third-order valence-corrected chi connectivity index (χ3v) is 3.71. The van der Waals surface area contributed by atoms with Gasteiger partial charge in [-0.05, 0) is 25.9 Å². The molecule has 0 aromatic rings. The molecule has 1 saturated heterocycles. The van der Waals surface area contributed by atoms with E-state index in [1.54, 1.807) is 0 Å². The summed E-state index contributed by atoms with van der Waals surface area (Å²) in [6.45, 7) is 1.52. The number of rotatable bonds is 1. The Bertz CT molecular complexity index is 199. The Morgan fingerprint density at radius 3 is 2.00 bits per heavy atom. The predicted octanol–water partition coefficient (Wildman–Crippen LogP) is 0.729. The first-order valence-corrected chi connectivity index (χ1v) is 5.62. The molecule has 1 rings (SSSR count). The standard InChI is InChI=1S/C5H10ClNO2S.ClH/c6-10(8,9)5-1-3-7-4-2-5;/h5,7H,1-4H2;1H. The highest BCUT2D eigenvalue weighted by Crippen LogP contribution is 2.16. The van der Waals surface area contributed by atoms with Crippen LogP contribution in [0.1, 0.15) is 12.8 Å². The minimum Gasteiger partial charge on any atom is -0.317 e. The molecule has 1 heterocycles. The van der Waals surface area contributed by atoms with Crippen LogP contribution in [-0.2, 0) is 9.05 Å². The first-order chi connectivity index (χ1) is 4.61. The van der Waals surface area contributed by atoms with Crippen LogP contribution in [0.15, 0.2) is 0 Å². The summed E-state index contributed by atoms with van der Waals surface area (Å²) >= 11 is 0. The monoisotopic (exact) mass is 219 g/mol. The fourth-order valence-electron chi connectivity index (χ4n) is 1.08. The molecule has 0 saturated carbocycles. The van der Waals surface area contributed by atoms with Crippen molar-refractivity contribution in [3.63, 3.8) is 0 Å². The molecule has 0 atom stereocenters. The van der Waals surface area contributed by atoms with Gasteiger partial charge in [-0.15, -0.1) is 12.4 Å². The van der Waals surface area contributed by atoms with Gasteiger partial charge in [-0.3, -0.25) is 0 Å². The van der Waals surface area contributed by atoms with Crippen LogP contribution in [0, 0.1) is 0 Å². The van der Waals surface area contributed by atoms with E-state index in [2.05, 4.69) is 5.32 Å². The molecular formula is C5H11Cl2NO2S. The van der Waals surface area contributed by atoms with E-state index in [1.165, 1.54) is 0 Å². The topological polar surface area (TPSA) is 46.2 Å². The third-order valence-electron chi connectivity index (χ3n) is 1.68. The molecule has 1 N–H and O–H groups in total. The predicted molar refractivity (Wildman–Crippen MR) is 47.9 cm³/mol. The van der Waals surface area contributed by atoms with Crippen molar-refractivity contribution in [3.8, 4) is 0 Å². The van der Waals surface area contributed by atoms with Crippen LogP contribution >= 0.6 is 23.1 Å². The molecule has 0 amide bonds. The van der Waals surface area contributed by atoms with Crippen molar-refractivity contribution in [3.05, 3.63) is 0 Å². The number of piperidine rings is 1.